The lowest BCUT2D eigenvalue weighted by molar-refractivity contribution is 0.0527. The molecule has 34 heavy (non-hydrogen) atoms. The van der Waals surface area contributed by atoms with Gasteiger partial charge in [-0.1, -0.05) is 17.7 Å². The zero-order chi connectivity index (χ0) is 24.8. The highest BCUT2D eigenvalue weighted by Crippen LogP contribution is 2.34. The molecule has 0 amide bonds. The summed E-state index contributed by atoms with van der Waals surface area (Å²) in [5.41, 5.74) is 0.969. The molecule has 180 valence electrons. The van der Waals surface area contributed by atoms with Crippen molar-refractivity contribution in [3.63, 3.8) is 0 Å². The zero-order valence-corrected chi connectivity index (χ0v) is 21.0. The molecule has 0 bridgehead atoms. The maximum Gasteiger partial charge on any atom is 0.348 e. The zero-order valence-electron chi connectivity index (χ0n) is 18.6. The van der Waals surface area contributed by atoms with E-state index in [1.165, 1.54) is 16.8 Å². The molecular weight excluding hydrogens is 503 g/mol. The van der Waals surface area contributed by atoms with Crippen molar-refractivity contribution in [2.24, 2.45) is 0 Å². The predicted molar refractivity (Wildman–Crippen MR) is 134 cm³/mol. The van der Waals surface area contributed by atoms with Gasteiger partial charge in [0.25, 0.3) is 0 Å². The number of carbonyl (C=O) groups excluding carboxylic acids is 2. The number of halogens is 2. The molecule has 0 atom stereocenters. The smallest absolute Gasteiger partial charge is 0.348 e. The van der Waals surface area contributed by atoms with E-state index in [1.807, 2.05) is 0 Å². The normalized spacial score (nSPS) is 10.6. The van der Waals surface area contributed by atoms with Crippen LogP contribution in [0.4, 0.5) is 15.2 Å². The van der Waals surface area contributed by atoms with Crippen LogP contribution in [0.5, 0.6) is 0 Å². The van der Waals surface area contributed by atoms with E-state index in [4.69, 9.17) is 33.3 Å². The molecule has 0 aliphatic heterocycles. The Morgan fingerprint density at radius 3 is 2.56 bits per heavy atom. The minimum atomic E-state index is -0.580. The van der Waals surface area contributed by atoms with E-state index in [2.05, 4.69) is 15.7 Å². The second-order valence-electron chi connectivity index (χ2n) is 6.88. The lowest BCUT2D eigenvalue weighted by Crippen LogP contribution is -2.20. The fourth-order valence-electron chi connectivity index (χ4n) is 3.05. The number of anilines is 2. The molecule has 3 aromatic rings. The number of thiocarbonyl (C=S) groups is 1. The Labute approximate surface area is 210 Å². The second-order valence-corrected chi connectivity index (χ2v) is 8.72. The van der Waals surface area contributed by atoms with E-state index in [0.29, 0.717) is 27.0 Å². The Kier molecular flexibility index (Phi) is 8.59. The average molecular weight is 525 g/mol. The molecule has 12 heteroatoms. The van der Waals surface area contributed by atoms with Crippen LogP contribution in [0.15, 0.2) is 30.5 Å². The fourth-order valence-corrected chi connectivity index (χ4v) is 4.64. The highest BCUT2D eigenvalue weighted by atomic mass is 35.5. The summed E-state index contributed by atoms with van der Waals surface area (Å²) in [4.78, 5) is 25.1. The SMILES string of the molecule is CCOC(=O)c1sc(NC(=S)Nc2ccn(Cc3c(F)cccc3Cl)n2)c(C(=O)OCC)c1C. The Balaban J connectivity index is 1.76. The van der Waals surface area contributed by atoms with Crippen LogP contribution >= 0.6 is 35.2 Å². The third-order valence-electron chi connectivity index (χ3n) is 4.58. The van der Waals surface area contributed by atoms with Gasteiger partial charge in [-0.25, -0.2) is 14.0 Å². The van der Waals surface area contributed by atoms with Crippen molar-refractivity contribution in [3.05, 3.63) is 62.9 Å². The molecule has 2 heterocycles. The van der Waals surface area contributed by atoms with E-state index in [0.717, 1.165) is 11.3 Å². The quantitative estimate of drug-likeness (QED) is 0.304. The summed E-state index contributed by atoms with van der Waals surface area (Å²) in [5, 5.41) is 10.9. The van der Waals surface area contributed by atoms with Crippen molar-refractivity contribution >= 4 is 63.0 Å². The van der Waals surface area contributed by atoms with Crippen molar-refractivity contribution < 1.29 is 23.5 Å². The first-order valence-corrected chi connectivity index (χ1v) is 11.9. The number of ether oxygens (including phenoxy) is 2. The van der Waals surface area contributed by atoms with Crippen LogP contribution in [0.1, 0.15) is 45.0 Å². The number of hydrogen-bond donors (Lipinski definition) is 2. The summed E-state index contributed by atoms with van der Waals surface area (Å²) in [7, 11) is 0. The van der Waals surface area contributed by atoms with E-state index in [-0.39, 0.29) is 35.3 Å². The van der Waals surface area contributed by atoms with E-state index >= 15 is 0 Å². The van der Waals surface area contributed by atoms with Crippen LogP contribution in [-0.4, -0.2) is 40.0 Å². The third-order valence-corrected chi connectivity index (χ3v) is 6.32. The monoisotopic (exact) mass is 524 g/mol. The lowest BCUT2D eigenvalue weighted by atomic mass is 10.1. The first kappa shape index (κ1) is 25.6. The van der Waals surface area contributed by atoms with Crippen molar-refractivity contribution in [2.75, 3.05) is 23.8 Å². The average Bonchev–Trinajstić information content (AvgIpc) is 3.34. The lowest BCUT2D eigenvalue weighted by Gasteiger charge is -2.10. The van der Waals surface area contributed by atoms with Gasteiger partial charge in [-0.05, 0) is 50.7 Å². The molecule has 0 unspecified atom stereocenters. The van der Waals surface area contributed by atoms with Crippen LogP contribution in [0.25, 0.3) is 0 Å². The number of rotatable bonds is 8. The van der Waals surface area contributed by atoms with Gasteiger partial charge < -0.3 is 20.1 Å². The number of hydrogen-bond acceptors (Lipinski definition) is 7. The number of carbonyl (C=O) groups is 2. The Hall–Kier alpha value is -3.02. The largest absolute Gasteiger partial charge is 0.462 e. The van der Waals surface area contributed by atoms with Crippen molar-refractivity contribution in [1.82, 2.24) is 9.78 Å². The summed E-state index contributed by atoms with van der Waals surface area (Å²) in [6.07, 6.45) is 1.64. The molecule has 8 nitrogen and oxygen atoms in total. The van der Waals surface area contributed by atoms with Crippen LogP contribution in [-0.2, 0) is 16.0 Å². The van der Waals surface area contributed by atoms with Gasteiger partial charge in [-0.15, -0.1) is 11.3 Å². The molecule has 0 spiro atoms. The fraction of sp³-hybridized carbons (Fsp3) is 0.273. The summed E-state index contributed by atoms with van der Waals surface area (Å²) in [5.74, 6) is -1.15. The van der Waals surface area contributed by atoms with Gasteiger partial charge in [0.1, 0.15) is 15.7 Å². The third kappa shape index (κ3) is 5.91. The number of esters is 2. The molecule has 1 aromatic carbocycles. The highest BCUT2D eigenvalue weighted by molar-refractivity contribution is 7.80. The number of nitrogens with zero attached hydrogens (tertiary/aromatic N) is 2. The van der Waals surface area contributed by atoms with E-state index < -0.39 is 17.8 Å². The van der Waals surface area contributed by atoms with Crippen LogP contribution < -0.4 is 10.6 Å². The number of benzene rings is 1. The minimum Gasteiger partial charge on any atom is -0.462 e. The second kappa shape index (κ2) is 11.4. The molecule has 2 N–H and O–H groups in total. The standard InChI is InChI=1S/C22H22ClFN4O4S2/c1-4-31-20(29)17-12(3)18(21(30)32-5-2)34-19(17)26-22(33)25-16-9-10-28(27-16)11-13-14(23)7-6-8-15(13)24/h6-10H,4-5,11H2,1-3H3,(H2,25,26,27,33). The summed E-state index contributed by atoms with van der Waals surface area (Å²) in [6.45, 7) is 5.54. The molecule has 3 rings (SSSR count). The molecule has 0 radical (unpaired) electrons. The first-order valence-electron chi connectivity index (χ1n) is 10.3. The summed E-state index contributed by atoms with van der Waals surface area (Å²) >= 11 is 12.5. The Morgan fingerprint density at radius 1 is 1.18 bits per heavy atom. The van der Waals surface area contributed by atoms with Gasteiger partial charge in [-0.3, -0.25) is 4.68 Å². The number of thiophene rings is 1. The first-order chi connectivity index (χ1) is 16.2. The molecule has 0 saturated carbocycles. The van der Waals surface area contributed by atoms with Gasteiger partial charge in [0.15, 0.2) is 10.9 Å². The van der Waals surface area contributed by atoms with E-state index in [1.54, 1.807) is 39.1 Å². The molecule has 0 aliphatic carbocycles. The van der Waals surface area contributed by atoms with Gasteiger partial charge in [-0.2, -0.15) is 5.10 Å². The van der Waals surface area contributed by atoms with Crippen LogP contribution in [0.2, 0.25) is 5.02 Å². The van der Waals surface area contributed by atoms with Crippen molar-refractivity contribution in [1.29, 1.82) is 0 Å². The molecule has 0 saturated heterocycles. The molecule has 0 fully saturated rings. The Morgan fingerprint density at radius 2 is 1.88 bits per heavy atom. The summed E-state index contributed by atoms with van der Waals surface area (Å²) in [6, 6.07) is 6.12. The molecule has 0 aliphatic rings. The van der Waals surface area contributed by atoms with E-state index in [9.17, 15) is 14.0 Å². The maximum absolute atomic E-state index is 14.1. The molecule has 2 aromatic heterocycles. The van der Waals surface area contributed by atoms with Crippen molar-refractivity contribution in [2.45, 2.75) is 27.3 Å². The van der Waals surface area contributed by atoms with Gasteiger partial charge in [0, 0.05) is 22.8 Å². The topological polar surface area (TPSA) is 94.5 Å². The number of nitrogens with one attached hydrogen (secondary N) is 2. The maximum atomic E-state index is 14.1. The van der Waals surface area contributed by atoms with Gasteiger partial charge in [0.2, 0.25) is 0 Å². The number of aromatic nitrogens is 2. The predicted octanol–water partition coefficient (Wildman–Crippen LogP) is 5.26. The highest BCUT2D eigenvalue weighted by Gasteiger charge is 2.27. The summed E-state index contributed by atoms with van der Waals surface area (Å²) < 4.78 is 25.8. The van der Waals surface area contributed by atoms with Crippen LogP contribution in [0, 0.1) is 12.7 Å². The minimum absolute atomic E-state index is 0.132. The van der Waals surface area contributed by atoms with Crippen LogP contribution in [0.3, 0.4) is 0 Å². The van der Waals surface area contributed by atoms with Gasteiger partial charge >= 0.3 is 11.9 Å². The Bertz CT molecular complexity index is 1210. The van der Waals surface area contributed by atoms with Gasteiger partial charge in [0.05, 0.1) is 25.3 Å². The molecular formula is C22H22ClFN4O4S2. The van der Waals surface area contributed by atoms with Crippen molar-refractivity contribution in [3.8, 4) is 0 Å².